The fourth-order valence-electron chi connectivity index (χ4n) is 2.90. The fourth-order valence-corrected chi connectivity index (χ4v) is 2.90. The Morgan fingerprint density at radius 1 is 0.966 bits per heavy atom. The number of furan rings is 1. The Bertz CT molecular complexity index is 996. The molecule has 3 N–H and O–H groups in total. The predicted molar refractivity (Wildman–Crippen MR) is 113 cm³/mol. The molecule has 0 aliphatic rings. The van der Waals surface area contributed by atoms with Gasteiger partial charge in [-0.2, -0.15) is 0 Å². The van der Waals surface area contributed by atoms with E-state index in [0.29, 0.717) is 17.0 Å². The molecule has 1 heterocycles. The Labute approximate surface area is 170 Å². The number of aryl methyl sites for hydroxylation is 1. The van der Waals surface area contributed by atoms with Crippen LogP contribution >= 0.6 is 0 Å². The third-order valence-electron chi connectivity index (χ3n) is 4.80. The van der Waals surface area contributed by atoms with Crippen LogP contribution < -0.4 is 16.0 Å². The van der Waals surface area contributed by atoms with Crippen LogP contribution in [0.15, 0.2) is 65.3 Å². The summed E-state index contributed by atoms with van der Waals surface area (Å²) in [4.78, 5) is 25.1. The molecule has 1 unspecified atom stereocenters. The van der Waals surface area contributed by atoms with E-state index in [1.807, 2.05) is 44.2 Å². The normalized spacial score (nSPS) is 11.6. The second-order valence-corrected chi connectivity index (χ2v) is 6.91. The van der Waals surface area contributed by atoms with Gasteiger partial charge in [-0.25, -0.2) is 0 Å². The van der Waals surface area contributed by atoms with Crippen molar-refractivity contribution in [3.8, 4) is 0 Å². The first-order valence-corrected chi connectivity index (χ1v) is 9.49. The quantitative estimate of drug-likeness (QED) is 0.567. The molecule has 1 aromatic heterocycles. The van der Waals surface area contributed by atoms with Gasteiger partial charge in [-0.1, -0.05) is 24.3 Å². The zero-order valence-corrected chi connectivity index (χ0v) is 16.8. The van der Waals surface area contributed by atoms with Crippen molar-refractivity contribution in [1.82, 2.24) is 10.6 Å². The van der Waals surface area contributed by atoms with Crippen molar-refractivity contribution in [1.29, 1.82) is 0 Å². The minimum atomic E-state index is -0.689. The molecular weight excluding hydrogens is 366 g/mol. The van der Waals surface area contributed by atoms with Crippen molar-refractivity contribution in [2.75, 3.05) is 5.32 Å². The van der Waals surface area contributed by atoms with Gasteiger partial charge in [0.25, 0.3) is 5.91 Å². The molecule has 6 heteroatoms. The second kappa shape index (κ2) is 9.10. The van der Waals surface area contributed by atoms with Crippen LogP contribution in [0.25, 0.3) is 0 Å². The first-order chi connectivity index (χ1) is 14.0. The van der Waals surface area contributed by atoms with E-state index in [9.17, 15) is 9.59 Å². The largest absolute Gasteiger partial charge is 0.467 e. The number of nitrogens with one attached hydrogen (secondary N) is 3. The summed E-state index contributed by atoms with van der Waals surface area (Å²) >= 11 is 0. The van der Waals surface area contributed by atoms with Crippen molar-refractivity contribution in [2.24, 2.45) is 0 Å². The van der Waals surface area contributed by atoms with Crippen molar-refractivity contribution in [3.05, 3.63) is 83.3 Å². The maximum Gasteiger partial charge on any atom is 0.254 e. The standard InChI is InChI=1S/C23H25N3O3/c1-15-8-6-12-20(16(15)2)26-21-11-5-4-10-19(21)23(28)25-17(3)22(27)24-14-18-9-7-13-29-18/h4-13,17,26H,14H2,1-3H3,(H,24,27)(H,25,28). The molecule has 0 saturated carbocycles. The Morgan fingerprint density at radius 3 is 2.48 bits per heavy atom. The highest BCUT2D eigenvalue weighted by atomic mass is 16.3. The van der Waals surface area contributed by atoms with Gasteiger partial charge in [-0.05, 0) is 62.2 Å². The average Bonchev–Trinajstić information content (AvgIpc) is 3.23. The molecular formula is C23H25N3O3. The van der Waals surface area contributed by atoms with Crippen molar-refractivity contribution >= 4 is 23.2 Å². The summed E-state index contributed by atoms with van der Waals surface area (Å²) in [5.41, 5.74) is 4.38. The van der Waals surface area contributed by atoms with E-state index in [0.717, 1.165) is 11.3 Å². The molecule has 0 aliphatic carbocycles. The second-order valence-electron chi connectivity index (χ2n) is 6.91. The molecule has 6 nitrogen and oxygen atoms in total. The minimum Gasteiger partial charge on any atom is -0.467 e. The van der Waals surface area contributed by atoms with Crippen LogP contribution in [0.1, 0.15) is 34.2 Å². The van der Waals surface area contributed by atoms with E-state index in [1.165, 1.54) is 5.56 Å². The number of para-hydroxylation sites is 1. The molecule has 0 spiro atoms. The number of hydrogen-bond donors (Lipinski definition) is 3. The zero-order chi connectivity index (χ0) is 20.8. The molecule has 2 aromatic carbocycles. The third-order valence-corrected chi connectivity index (χ3v) is 4.80. The van der Waals surface area contributed by atoms with Crippen LogP contribution in [0.4, 0.5) is 11.4 Å². The monoisotopic (exact) mass is 391 g/mol. The molecule has 150 valence electrons. The van der Waals surface area contributed by atoms with Crippen molar-refractivity contribution < 1.29 is 14.0 Å². The summed E-state index contributed by atoms with van der Waals surface area (Å²) in [7, 11) is 0. The number of benzene rings is 2. The van der Waals surface area contributed by atoms with Crippen LogP contribution in [0.5, 0.6) is 0 Å². The Kier molecular flexibility index (Phi) is 6.34. The molecule has 0 aliphatic heterocycles. The summed E-state index contributed by atoms with van der Waals surface area (Å²) in [5.74, 6) is 0.0497. The van der Waals surface area contributed by atoms with Gasteiger partial charge in [0.1, 0.15) is 11.8 Å². The fraction of sp³-hybridized carbons (Fsp3) is 0.217. The molecule has 0 radical (unpaired) electrons. The summed E-state index contributed by atoms with van der Waals surface area (Å²) in [6.07, 6.45) is 1.55. The van der Waals surface area contributed by atoms with Gasteiger partial charge in [0.15, 0.2) is 0 Å². The maximum atomic E-state index is 12.8. The van der Waals surface area contributed by atoms with E-state index in [2.05, 4.69) is 16.0 Å². The Balaban J connectivity index is 1.67. The lowest BCUT2D eigenvalue weighted by molar-refractivity contribution is -0.122. The molecule has 0 saturated heterocycles. The smallest absolute Gasteiger partial charge is 0.254 e. The number of anilines is 2. The number of hydrogen-bond acceptors (Lipinski definition) is 4. The molecule has 0 fully saturated rings. The predicted octanol–water partition coefficient (Wildman–Crippen LogP) is 4.07. The summed E-state index contributed by atoms with van der Waals surface area (Å²) < 4.78 is 5.19. The summed E-state index contributed by atoms with van der Waals surface area (Å²) in [5, 5.41) is 8.84. The molecule has 2 amide bonds. The van der Waals surface area contributed by atoms with Gasteiger partial charge in [0.05, 0.1) is 24.1 Å². The van der Waals surface area contributed by atoms with E-state index in [1.54, 1.807) is 37.5 Å². The highest BCUT2D eigenvalue weighted by Gasteiger charge is 2.19. The van der Waals surface area contributed by atoms with Crippen LogP contribution in [-0.4, -0.2) is 17.9 Å². The van der Waals surface area contributed by atoms with Gasteiger partial charge in [-0.3, -0.25) is 9.59 Å². The number of carbonyl (C=O) groups excluding carboxylic acids is 2. The zero-order valence-electron chi connectivity index (χ0n) is 16.8. The molecule has 1 atom stereocenters. The molecule has 0 bridgehead atoms. The van der Waals surface area contributed by atoms with Crippen LogP contribution in [0.3, 0.4) is 0 Å². The first-order valence-electron chi connectivity index (χ1n) is 9.49. The van der Waals surface area contributed by atoms with Gasteiger partial charge < -0.3 is 20.4 Å². The van der Waals surface area contributed by atoms with Crippen LogP contribution in [-0.2, 0) is 11.3 Å². The molecule has 29 heavy (non-hydrogen) atoms. The summed E-state index contributed by atoms with van der Waals surface area (Å²) in [6.45, 7) is 6.00. The maximum absolute atomic E-state index is 12.8. The third kappa shape index (κ3) is 5.04. The molecule has 3 aromatic rings. The van der Waals surface area contributed by atoms with Gasteiger partial charge in [0, 0.05) is 5.69 Å². The van der Waals surface area contributed by atoms with Crippen molar-refractivity contribution in [2.45, 2.75) is 33.4 Å². The number of amides is 2. The Morgan fingerprint density at radius 2 is 1.72 bits per heavy atom. The first kappa shape index (κ1) is 20.2. The topological polar surface area (TPSA) is 83.4 Å². The van der Waals surface area contributed by atoms with Crippen LogP contribution in [0.2, 0.25) is 0 Å². The van der Waals surface area contributed by atoms with E-state index in [4.69, 9.17) is 4.42 Å². The highest BCUT2D eigenvalue weighted by molar-refractivity contribution is 6.02. The van der Waals surface area contributed by atoms with Crippen LogP contribution in [0, 0.1) is 13.8 Å². The van der Waals surface area contributed by atoms with Crippen molar-refractivity contribution in [3.63, 3.8) is 0 Å². The lowest BCUT2D eigenvalue weighted by Crippen LogP contribution is -2.44. The van der Waals surface area contributed by atoms with Gasteiger partial charge in [0.2, 0.25) is 5.91 Å². The number of carbonyl (C=O) groups is 2. The number of rotatable bonds is 7. The lowest BCUT2D eigenvalue weighted by atomic mass is 10.1. The minimum absolute atomic E-state index is 0.275. The van der Waals surface area contributed by atoms with E-state index < -0.39 is 6.04 Å². The highest BCUT2D eigenvalue weighted by Crippen LogP contribution is 2.25. The summed E-state index contributed by atoms with van der Waals surface area (Å²) in [6, 6.07) is 16.1. The van der Waals surface area contributed by atoms with E-state index >= 15 is 0 Å². The molecule has 3 rings (SSSR count). The average molecular weight is 391 g/mol. The van der Waals surface area contributed by atoms with Gasteiger partial charge >= 0.3 is 0 Å². The Hall–Kier alpha value is -3.54. The van der Waals surface area contributed by atoms with E-state index in [-0.39, 0.29) is 18.4 Å². The van der Waals surface area contributed by atoms with Gasteiger partial charge in [-0.15, -0.1) is 0 Å². The lowest BCUT2D eigenvalue weighted by Gasteiger charge is -2.17. The SMILES string of the molecule is Cc1cccc(Nc2ccccc2C(=O)NC(C)C(=O)NCc2ccco2)c1C.